The van der Waals surface area contributed by atoms with Crippen molar-refractivity contribution >= 4 is 17.9 Å². The van der Waals surface area contributed by atoms with E-state index in [1.54, 1.807) is 0 Å². The molecule has 1 N–H and O–H groups in total. The van der Waals surface area contributed by atoms with Crippen molar-refractivity contribution in [2.45, 2.75) is 334 Å². The van der Waals surface area contributed by atoms with E-state index in [1.807, 2.05) is 21.1 Å². The number of hydrogen-bond acceptors (Lipinski definition) is 7. The second-order valence-corrected chi connectivity index (χ2v) is 27.6. The first kappa shape index (κ1) is 93.6. The number of aliphatic carboxylic acids is 1. The zero-order valence-electron chi connectivity index (χ0n) is 64.3. The fourth-order valence-electron chi connectivity index (χ4n) is 10.9. The molecule has 0 rings (SSSR count). The standard InChI is InChI=1S/C90H149NO8/c1-6-8-10-12-14-16-18-20-22-24-26-28-30-32-34-36-38-40-41-42-43-44-45-46-47-49-51-53-55-57-59-61-63-65-67-69-71-73-75-77-79-81-88(93)99-86(85-98-90(89(94)95)96-83-82-91(3,4)5)84-97-87(92)80-78-76-74-72-70-68-66-64-62-60-58-56-54-52-50-48-39-37-35-33-31-29-27-25-23-21-19-17-15-13-11-9-7-2/h8,10,14,16,19-22,25-28,31-34,38,40,42-43,45-46,49,51,55,57,61,63,86,90H,6-7,9,11-13,15,17-18,23-24,29-30,35-37,39,41,44,47-48,50,52-54,56,58-60,62,64-85H2,1-5H3/p+1/b10-8-,16-14-,21-19-,22-20-,27-25-,28-26-,33-31-,34-32-,40-38-,43-42-,46-45-,51-49-,57-55-,63-61-. The summed E-state index contributed by atoms with van der Waals surface area (Å²) in [5.41, 5.74) is 0. The van der Waals surface area contributed by atoms with Gasteiger partial charge in [0.05, 0.1) is 34.4 Å². The summed E-state index contributed by atoms with van der Waals surface area (Å²) in [6.07, 6.45) is 115. The average molecular weight is 1370 g/mol. The number of rotatable bonds is 73. The molecule has 0 aliphatic carbocycles. The maximum Gasteiger partial charge on any atom is 0.361 e. The molecule has 0 aromatic heterocycles. The lowest BCUT2D eigenvalue weighted by molar-refractivity contribution is -0.870. The number of carbonyl (C=O) groups excluding carboxylic acids is 2. The molecule has 0 radical (unpaired) electrons. The van der Waals surface area contributed by atoms with Crippen LogP contribution in [0.1, 0.15) is 322 Å². The topological polar surface area (TPSA) is 108 Å². The highest BCUT2D eigenvalue weighted by atomic mass is 16.7. The molecule has 0 aliphatic heterocycles. The molecule has 9 nitrogen and oxygen atoms in total. The second kappa shape index (κ2) is 78.4. The van der Waals surface area contributed by atoms with Crippen LogP contribution in [0.5, 0.6) is 0 Å². The van der Waals surface area contributed by atoms with Crippen LogP contribution < -0.4 is 0 Å². The van der Waals surface area contributed by atoms with Crippen molar-refractivity contribution in [2.24, 2.45) is 0 Å². The third-order valence-electron chi connectivity index (χ3n) is 17.0. The number of ether oxygens (including phenoxy) is 4. The number of carboxylic acids is 1. The Bertz CT molecular complexity index is 2240. The minimum atomic E-state index is -1.52. The average Bonchev–Trinajstić information content (AvgIpc) is 2.62. The fraction of sp³-hybridized carbons (Fsp3) is 0.656. The Morgan fingerprint density at radius 3 is 0.859 bits per heavy atom. The van der Waals surface area contributed by atoms with Gasteiger partial charge in [-0.1, -0.05) is 344 Å². The highest BCUT2D eigenvalue weighted by Crippen LogP contribution is 2.17. The first-order valence-corrected chi connectivity index (χ1v) is 40.3. The molecule has 562 valence electrons. The lowest BCUT2D eigenvalue weighted by Crippen LogP contribution is -2.40. The minimum Gasteiger partial charge on any atom is -0.477 e. The Kier molecular flexibility index (Phi) is 74.1. The van der Waals surface area contributed by atoms with Crippen LogP contribution in [0.25, 0.3) is 0 Å². The summed E-state index contributed by atoms with van der Waals surface area (Å²) in [6.45, 7) is 4.75. The van der Waals surface area contributed by atoms with Gasteiger partial charge in [-0.3, -0.25) is 9.59 Å². The van der Waals surface area contributed by atoms with Crippen LogP contribution in [0.4, 0.5) is 0 Å². The lowest BCUT2D eigenvalue weighted by Gasteiger charge is -2.25. The van der Waals surface area contributed by atoms with Gasteiger partial charge >= 0.3 is 17.9 Å². The van der Waals surface area contributed by atoms with E-state index in [0.29, 0.717) is 23.9 Å². The van der Waals surface area contributed by atoms with Crippen LogP contribution in [-0.2, 0) is 33.3 Å². The summed E-state index contributed by atoms with van der Waals surface area (Å²) in [4.78, 5) is 37.7. The minimum absolute atomic E-state index is 0.178. The van der Waals surface area contributed by atoms with Gasteiger partial charge in [-0.15, -0.1) is 0 Å². The summed E-state index contributed by atoms with van der Waals surface area (Å²) in [7, 11) is 5.97. The smallest absolute Gasteiger partial charge is 0.361 e. The van der Waals surface area contributed by atoms with Crippen molar-refractivity contribution in [3.8, 4) is 0 Å². The Morgan fingerprint density at radius 2 is 0.576 bits per heavy atom. The maximum absolute atomic E-state index is 13.0. The normalized spacial score (nSPS) is 13.6. The Labute approximate surface area is 609 Å². The van der Waals surface area contributed by atoms with Crippen LogP contribution in [0.15, 0.2) is 170 Å². The molecule has 0 fully saturated rings. The predicted molar refractivity (Wildman–Crippen MR) is 428 cm³/mol. The SMILES string of the molecule is CC/C=C\C/C=C\C/C=C\C/C=C\C/C=C\C/C=C\C/C=C\C/C=C\C/C=C\C/C=C\C/C=C\CCCCCCCCCC(=O)OC(COC(=O)CCCCCCCCCCCCCCCCCCCC/C=C\C/C=C\C/C=C\CCCCCCC)COC(OCC[N+](C)(C)C)C(=O)O. The molecule has 0 aliphatic rings. The maximum atomic E-state index is 13.0. The summed E-state index contributed by atoms with van der Waals surface area (Å²) >= 11 is 0. The number of quaternary nitrogens is 1. The molecule has 0 saturated carbocycles. The summed E-state index contributed by atoms with van der Waals surface area (Å²) < 4.78 is 23.0. The molecule has 99 heavy (non-hydrogen) atoms. The van der Waals surface area contributed by atoms with Gasteiger partial charge < -0.3 is 28.5 Å². The number of allylic oxidation sites excluding steroid dienone is 28. The molecular weight excluding hydrogens is 1220 g/mol. The van der Waals surface area contributed by atoms with Crippen molar-refractivity contribution in [1.29, 1.82) is 0 Å². The third-order valence-corrected chi connectivity index (χ3v) is 17.0. The Hall–Kier alpha value is -5.35. The van der Waals surface area contributed by atoms with Crippen LogP contribution in [0.2, 0.25) is 0 Å². The van der Waals surface area contributed by atoms with E-state index in [9.17, 15) is 19.5 Å². The van der Waals surface area contributed by atoms with Gasteiger partial charge in [-0.05, 0) is 135 Å². The first-order valence-electron chi connectivity index (χ1n) is 40.3. The molecular formula is C90H150NO8+. The number of carbonyl (C=O) groups is 3. The third kappa shape index (κ3) is 79.8. The number of hydrogen-bond donors (Lipinski definition) is 1. The van der Waals surface area contributed by atoms with Gasteiger partial charge in [-0.2, -0.15) is 0 Å². The van der Waals surface area contributed by atoms with Gasteiger partial charge in [0.1, 0.15) is 13.2 Å². The van der Waals surface area contributed by atoms with Gasteiger partial charge in [-0.25, -0.2) is 4.79 Å². The molecule has 2 unspecified atom stereocenters. The van der Waals surface area contributed by atoms with Crippen molar-refractivity contribution in [3.63, 3.8) is 0 Å². The van der Waals surface area contributed by atoms with Crippen LogP contribution >= 0.6 is 0 Å². The number of esters is 2. The molecule has 0 bridgehead atoms. The van der Waals surface area contributed by atoms with Crippen molar-refractivity contribution in [1.82, 2.24) is 0 Å². The van der Waals surface area contributed by atoms with Crippen LogP contribution in [-0.4, -0.2) is 87.4 Å². The molecule has 9 heteroatoms. The largest absolute Gasteiger partial charge is 0.477 e. The lowest BCUT2D eigenvalue weighted by atomic mass is 10.0. The fourth-order valence-corrected chi connectivity index (χ4v) is 10.9. The van der Waals surface area contributed by atoms with Gasteiger partial charge in [0.15, 0.2) is 6.10 Å². The highest BCUT2D eigenvalue weighted by Gasteiger charge is 2.25. The van der Waals surface area contributed by atoms with E-state index in [0.717, 1.165) is 128 Å². The quantitative estimate of drug-likeness (QED) is 0.0211. The zero-order chi connectivity index (χ0) is 71.8. The number of unbranched alkanes of at least 4 members (excludes halogenated alkanes) is 30. The second-order valence-electron chi connectivity index (χ2n) is 27.6. The summed E-state index contributed by atoms with van der Waals surface area (Å²) in [5.74, 6) is -2.02. The molecule has 0 aromatic rings. The molecule has 0 spiro atoms. The Balaban J connectivity index is 4.13. The van der Waals surface area contributed by atoms with Crippen LogP contribution in [0.3, 0.4) is 0 Å². The number of likely N-dealkylation sites (N-methyl/N-ethyl adjacent to an activating group) is 1. The molecule has 0 amide bonds. The molecule has 0 aromatic carbocycles. The number of nitrogens with zero attached hydrogens (tertiary/aromatic N) is 1. The van der Waals surface area contributed by atoms with E-state index in [4.69, 9.17) is 18.9 Å². The molecule has 2 atom stereocenters. The van der Waals surface area contributed by atoms with E-state index in [2.05, 4.69) is 184 Å². The summed E-state index contributed by atoms with van der Waals surface area (Å²) in [5, 5.41) is 9.78. The van der Waals surface area contributed by atoms with E-state index < -0.39 is 24.3 Å². The summed E-state index contributed by atoms with van der Waals surface area (Å²) in [6, 6.07) is 0. The predicted octanol–water partition coefficient (Wildman–Crippen LogP) is 26.1. The number of carboxylic acid groups (broad SMARTS) is 1. The Morgan fingerprint density at radius 1 is 0.313 bits per heavy atom. The van der Waals surface area contributed by atoms with Crippen LogP contribution in [0, 0.1) is 0 Å². The molecule has 0 saturated heterocycles. The van der Waals surface area contributed by atoms with Crippen molar-refractivity contribution < 1.29 is 42.9 Å². The van der Waals surface area contributed by atoms with Gasteiger partial charge in [0.2, 0.25) is 0 Å². The van der Waals surface area contributed by atoms with Crippen molar-refractivity contribution in [3.05, 3.63) is 170 Å². The van der Waals surface area contributed by atoms with Gasteiger partial charge in [0.25, 0.3) is 6.29 Å². The van der Waals surface area contributed by atoms with Gasteiger partial charge in [0, 0.05) is 12.8 Å². The van der Waals surface area contributed by atoms with E-state index in [1.165, 1.54) is 161 Å². The zero-order valence-corrected chi connectivity index (χ0v) is 64.3. The molecule has 0 heterocycles. The van der Waals surface area contributed by atoms with Crippen molar-refractivity contribution in [2.75, 3.05) is 47.5 Å². The van der Waals surface area contributed by atoms with E-state index >= 15 is 0 Å². The monoisotopic (exact) mass is 1370 g/mol. The van der Waals surface area contributed by atoms with E-state index in [-0.39, 0.29) is 32.2 Å². The first-order chi connectivity index (χ1) is 48.6. The highest BCUT2D eigenvalue weighted by molar-refractivity contribution is 5.71.